The van der Waals surface area contributed by atoms with Gasteiger partial charge in [0.2, 0.25) is 0 Å². The predicted octanol–water partition coefficient (Wildman–Crippen LogP) is 3.93. The Morgan fingerprint density at radius 1 is 1.16 bits per heavy atom. The summed E-state index contributed by atoms with van der Waals surface area (Å²) >= 11 is 0. The third-order valence-electron chi connectivity index (χ3n) is 4.52. The summed E-state index contributed by atoms with van der Waals surface area (Å²) in [6.07, 6.45) is 6.98. The summed E-state index contributed by atoms with van der Waals surface area (Å²) in [5.74, 6) is 0.926. The Kier molecular flexibility index (Phi) is 4.19. The first-order valence-electron chi connectivity index (χ1n) is 7.34. The van der Waals surface area contributed by atoms with Crippen LogP contribution in [0.1, 0.15) is 51.5 Å². The molecular weight excluding hydrogens is 234 g/mol. The molecule has 1 fully saturated rings. The van der Waals surface area contributed by atoms with Crippen molar-refractivity contribution >= 4 is 0 Å². The van der Waals surface area contributed by atoms with Crippen molar-refractivity contribution in [1.29, 1.82) is 0 Å². The van der Waals surface area contributed by atoms with Crippen molar-refractivity contribution in [2.24, 2.45) is 11.1 Å². The minimum Gasteiger partial charge on any atom is -0.497 e. The van der Waals surface area contributed by atoms with Crippen LogP contribution in [0, 0.1) is 5.41 Å². The molecule has 1 saturated carbocycles. The molecule has 1 atom stereocenters. The van der Waals surface area contributed by atoms with Gasteiger partial charge in [0.15, 0.2) is 0 Å². The molecule has 2 nitrogen and oxygen atoms in total. The number of ether oxygens (including phenoxy) is 1. The average Bonchev–Trinajstić information content (AvgIpc) is 2.49. The van der Waals surface area contributed by atoms with E-state index in [9.17, 15) is 0 Å². The van der Waals surface area contributed by atoms with Crippen LogP contribution in [0.5, 0.6) is 5.75 Å². The molecule has 0 aliphatic heterocycles. The van der Waals surface area contributed by atoms with Gasteiger partial charge in [-0.25, -0.2) is 0 Å². The lowest BCUT2D eigenvalue weighted by molar-refractivity contribution is 0.297. The third-order valence-corrected chi connectivity index (χ3v) is 4.52. The summed E-state index contributed by atoms with van der Waals surface area (Å²) in [6.45, 7) is 4.73. The smallest absolute Gasteiger partial charge is 0.119 e. The van der Waals surface area contributed by atoms with Crippen LogP contribution in [0.2, 0.25) is 0 Å². The van der Waals surface area contributed by atoms with Gasteiger partial charge in [0.25, 0.3) is 0 Å². The van der Waals surface area contributed by atoms with Crippen LogP contribution >= 0.6 is 0 Å². The van der Waals surface area contributed by atoms with E-state index in [2.05, 4.69) is 32.0 Å². The topological polar surface area (TPSA) is 35.2 Å². The number of rotatable bonds is 3. The van der Waals surface area contributed by atoms with E-state index in [1.807, 2.05) is 6.07 Å². The molecule has 0 amide bonds. The van der Waals surface area contributed by atoms with Gasteiger partial charge in [0.05, 0.1) is 7.11 Å². The lowest BCUT2D eigenvalue weighted by Gasteiger charge is -2.29. The lowest BCUT2D eigenvalue weighted by atomic mass is 9.81. The zero-order valence-corrected chi connectivity index (χ0v) is 12.5. The molecule has 1 aliphatic carbocycles. The first kappa shape index (κ1) is 14.4. The van der Waals surface area contributed by atoms with E-state index in [0.717, 1.165) is 25.0 Å². The van der Waals surface area contributed by atoms with Gasteiger partial charge < -0.3 is 10.5 Å². The highest BCUT2D eigenvalue weighted by atomic mass is 16.5. The van der Waals surface area contributed by atoms with E-state index in [1.165, 1.54) is 24.8 Å². The number of hydrogen-bond acceptors (Lipinski definition) is 2. The van der Waals surface area contributed by atoms with Crippen LogP contribution in [-0.4, -0.2) is 12.6 Å². The summed E-state index contributed by atoms with van der Waals surface area (Å²) in [5, 5.41) is 0. The van der Waals surface area contributed by atoms with Crippen LogP contribution in [0.4, 0.5) is 0 Å². The van der Waals surface area contributed by atoms with Gasteiger partial charge in [-0.2, -0.15) is 0 Å². The summed E-state index contributed by atoms with van der Waals surface area (Å²) in [7, 11) is 1.71. The Morgan fingerprint density at radius 3 is 2.68 bits per heavy atom. The quantitative estimate of drug-likeness (QED) is 0.837. The minimum absolute atomic E-state index is 0.0415. The monoisotopic (exact) mass is 261 g/mol. The summed E-state index contributed by atoms with van der Waals surface area (Å²) in [6, 6.07) is 8.32. The highest BCUT2D eigenvalue weighted by Gasteiger charge is 2.32. The van der Waals surface area contributed by atoms with Crippen molar-refractivity contribution in [1.82, 2.24) is 0 Å². The second-order valence-electron chi connectivity index (χ2n) is 6.91. The van der Waals surface area contributed by atoms with Crippen molar-refractivity contribution < 1.29 is 4.74 Å². The molecule has 2 N–H and O–H groups in total. The highest BCUT2D eigenvalue weighted by molar-refractivity contribution is 5.29. The van der Waals surface area contributed by atoms with Crippen LogP contribution in [0.15, 0.2) is 24.3 Å². The van der Waals surface area contributed by atoms with Gasteiger partial charge in [0.1, 0.15) is 5.75 Å². The molecule has 1 aromatic rings. The Balaban J connectivity index is 2.08. The van der Waals surface area contributed by atoms with Gasteiger partial charge in [0, 0.05) is 5.54 Å². The maximum atomic E-state index is 6.66. The molecular formula is C17H27NO. The highest BCUT2D eigenvalue weighted by Crippen LogP contribution is 2.38. The molecule has 1 aliphatic rings. The fraction of sp³-hybridized carbons (Fsp3) is 0.647. The summed E-state index contributed by atoms with van der Waals surface area (Å²) < 4.78 is 5.29. The van der Waals surface area contributed by atoms with Gasteiger partial charge in [-0.1, -0.05) is 32.4 Å². The molecule has 1 unspecified atom stereocenters. The first-order valence-corrected chi connectivity index (χ1v) is 7.34. The number of benzene rings is 1. The number of hydrogen-bond donors (Lipinski definition) is 1. The third kappa shape index (κ3) is 3.97. The second kappa shape index (κ2) is 5.54. The van der Waals surface area contributed by atoms with Crippen molar-refractivity contribution in [3.8, 4) is 5.75 Å². The molecule has 0 heterocycles. The van der Waals surface area contributed by atoms with Crippen molar-refractivity contribution in [3.05, 3.63) is 29.8 Å². The van der Waals surface area contributed by atoms with E-state index < -0.39 is 0 Å². The van der Waals surface area contributed by atoms with Gasteiger partial charge >= 0.3 is 0 Å². The van der Waals surface area contributed by atoms with Gasteiger partial charge in [-0.3, -0.25) is 0 Å². The molecule has 0 radical (unpaired) electrons. The molecule has 106 valence electrons. The van der Waals surface area contributed by atoms with E-state index in [1.54, 1.807) is 7.11 Å². The van der Waals surface area contributed by atoms with Crippen LogP contribution in [-0.2, 0) is 6.42 Å². The number of nitrogens with two attached hydrogens (primary N) is 1. The predicted molar refractivity (Wildman–Crippen MR) is 80.5 cm³/mol. The summed E-state index contributed by atoms with van der Waals surface area (Å²) in [4.78, 5) is 0. The molecule has 0 aromatic heterocycles. The Labute approximate surface area is 117 Å². The second-order valence-corrected chi connectivity index (χ2v) is 6.91. The van der Waals surface area contributed by atoms with Crippen molar-refractivity contribution in [2.75, 3.05) is 7.11 Å². The van der Waals surface area contributed by atoms with Crippen LogP contribution in [0.3, 0.4) is 0 Å². The van der Waals surface area contributed by atoms with Gasteiger partial charge in [-0.05, 0) is 55.2 Å². The molecule has 2 rings (SSSR count). The normalized spacial score (nSPS) is 26.7. The Hall–Kier alpha value is -1.02. The SMILES string of the molecule is COc1cccc(CC2(N)CCCC(C)(C)CC2)c1. The maximum Gasteiger partial charge on any atom is 0.119 e. The van der Waals surface area contributed by atoms with E-state index >= 15 is 0 Å². The largest absolute Gasteiger partial charge is 0.497 e. The maximum absolute atomic E-state index is 6.66. The van der Waals surface area contributed by atoms with Crippen LogP contribution in [0.25, 0.3) is 0 Å². The molecule has 1 aromatic carbocycles. The molecule has 2 heteroatoms. The van der Waals surface area contributed by atoms with Crippen molar-refractivity contribution in [2.45, 2.75) is 57.9 Å². The van der Waals surface area contributed by atoms with E-state index in [4.69, 9.17) is 10.5 Å². The van der Waals surface area contributed by atoms with Gasteiger partial charge in [-0.15, -0.1) is 0 Å². The standard InChI is InChI=1S/C17H27NO/c1-16(2)8-5-9-17(18,11-10-16)13-14-6-4-7-15(12-14)19-3/h4,6-7,12H,5,8-11,13,18H2,1-3H3. The molecule has 19 heavy (non-hydrogen) atoms. The Morgan fingerprint density at radius 2 is 1.95 bits per heavy atom. The minimum atomic E-state index is -0.0415. The Bertz CT molecular complexity index is 427. The fourth-order valence-electron chi connectivity index (χ4n) is 3.12. The fourth-order valence-corrected chi connectivity index (χ4v) is 3.12. The zero-order valence-electron chi connectivity index (χ0n) is 12.5. The van der Waals surface area contributed by atoms with Crippen molar-refractivity contribution in [3.63, 3.8) is 0 Å². The number of methoxy groups -OCH3 is 1. The summed E-state index contributed by atoms with van der Waals surface area (Å²) in [5.41, 5.74) is 8.37. The molecule has 0 saturated heterocycles. The zero-order chi connectivity index (χ0) is 13.9. The van der Waals surface area contributed by atoms with E-state index in [-0.39, 0.29) is 5.54 Å². The van der Waals surface area contributed by atoms with E-state index in [0.29, 0.717) is 5.41 Å². The molecule has 0 bridgehead atoms. The lowest BCUT2D eigenvalue weighted by Crippen LogP contribution is -2.41. The molecule has 0 spiro atoms. The first-order chi connectivity index (χ1) is 8.92. The average molecular weight is 261 g/mol. The van der Waals surface area contributed by atoms with Crippen LogP contribution < -0.4 is 10.5 Å².